The summed E-state index contributed by atoms with van der Waals surface area (Å²) in [6, 6.07) is 10.3. The molecule has 0 bridgehead atoms. The number of hydrogen-bond acceptors (Lipinski definition) is 2. The Hall–Kier alpha value is -0.860. The smallest absolute Gasteiger partial charge is 0.00938 e. The van der Waals surface area contributed by atoms with Gasteiger partial charge in [-0.15, -0.1) is 0 Å². The highest BCUT2D eigenvalue weighted by atomic mass is 15.1. The summed E-state index contributed by atoms with van der Waals surface area (Å²) in [4.78, 5) is 2.55. The fourth-order valence-corrected chi connectivity index (χ4v) is 3.15. The first-order valence-corrected chi connectivity index (χ1v) is 8.21. The predicted molar refractivity (Wildman–Crippen MR) is 87.2 cm³/mol. The van der Waals surface area contributed by atoms with Crippen LogP contribution in [0.15, 0.2) is 24.3 Å². The van der Waals surface area contributed by atoms with E-state index >= 15 is 0 Å². The third-order valence-corrected chi connectivity index (χ3v) is 4.50. The van der Waals surface area contributed by atoms with Gasteiger partial charge in [-0.2, -0.15) is 0 Å². The summed E-state index contributed by atoms with van der Waals surface area (Å²) in [5.41, 5.74) is 2.84. The zero-order chi connectivity index (χ0) is 14.4. The quantitative estimate of drug-likeness (QED) is 0.855. The van der Waals surface area contributed by atoms with Crippen molar-refractivity contribution < 1.29 is 0 Å². The van der Waals surface area contributed by atoms with Gasteiger partial charge in [-0.1, -0.05) is 36.8 Å². The molecule has 1 aromatic rings. The van der Waals surface area contributed by atoms with Gasteiger partial charge in [0.1, 0.15) is 0 Å². The third-order valence-electron chi connectivity index (χ3n) is 4.50. The second-order valence-electron chi connectivity index (χ2n) is 6.30. The molecule has 1 N–H and O–H groups in total. The van der Waals surface area contributed by atoms with Gasteiger partial charge in [-0.3, -0.25) is 0 Å². The standard InChI is InChI=1S/C18H30N2/c1-4-20-12-10-18(11-13-20)19-16(3)8-9-17-7-5-6-15(2)14-17/h5-7,14,16,18-19H,4,8-13H2,1-3H3. The molecule has 1 aliphatic heterocycles. The topological polar surface area (TPSA) is 15.3 Å². The van der Waals surface area contributed by atoms with Crippen LogP contribution in [-0.2, 0) is 6.42 Å². The minimum absolute atomic E-state index is 0.619. The summed E-state index contributed by atoms with van der Waals surface area (Å²) in [7, 11) is 0. The van der Waals surface area contributed by atoms with Gasteiger partial charge >= 0.3 is 0 Å². The minimum Gasteiger partial charge on any atom is -0.311 e. The van der Waals surface area contributed by atoms with E-state index in [0.717, 1.165) is 6.04 Å². The van der Waals surface area contributed by atoms with E-state index < -0.39 is 0 Å². The molecule has 2 heteroatoms. The molecule has 0 aromatic heterocycles. The molecule has 2 rings (SSSR count). The lowest BCUT2D eigenvalue weighted by atomic mass is 10.0. The number of hydrogen-bond donors (Lipinski definition) is 1. The molecule has 0 aliphatic carbocycles. The van der Waals surface area contributed by atoms with Crippen molar-refractivity contribution in [1.29, 1.82) is 0 Å². The van der Waals surface area contributed by atoms with E-state index in [2.05, 4.69) is 55.3 Å². The number of nitrogens with zero attached hydrogens (tertiary/aromatic N) is 1. The van der Waals surface area contributed by atoms with Gasteiger partial charge < -0.3 is 10.2 Å². The number of piperidine rings is 1. The Balaban J connectivity index is 1.69. The number of benzene rings is 1. The molecule has 0 saturated carbocycles. The van der Waals surface area contributed by atoms with Crippen LogP contribution in [0.2, 0.25) is 0 Å². The Morgan fingerprint density at radius 2 is 2.05 bits per heavy atom. The molecular formula is C18H30N2. The molecule has 0 radical (unpaired) electrons. The maximum absolute atomic E-state index is 3.82. The van der Waals surface area contributed by atoms with Crippen LogP contribution in [0.4, 0.5) is 0 Å². The molecule has 1 fully saturated rings. The van der Waals surface area contributed by atoms with Crippen LogP contribution in [0.25, 0.3) is 0 Å². The first-order valence-electron chi connectivity index (χ1n) is 8.21. The van der Waals surface area contributed by atoms with Crippen LogP contribution in [0.1, 0.15) is 44.2 Å². The van der Waals surface area contributed by atoms with Gasteiger partial charge in [0.15, 0.2) is 0 Å². The molecule has 0 amide bonds. The Morgan fingerprint density at radius 3 is 2.70 bits per heavy atom. The molecule has 0 spiro atoms. The van der Waals surface area contributed by atoms with E-state index in [9.17, 15) is 0 Å². The van der Waals surface area contributed by atoms with E-state index in [1.54, 1.807) is 0 Å². The fraction of sp³-hybridized carbons (Fsp3) is 0.667. The van der Waals surface area contributed by atoms with Crippen LogP contribution >= 0.6 is 0 Å². The van der Waals surface area contributed by atoms with Crippen LogP contribution in [-0.4, -0.2) is 36.6 Å². The number of rotatable bonds is 6. The molecular weight excluding hydrogens is 244 g/mol. The van der Waals surface area contributed by atoms with Crippen molar-refractivity contribution in [1.82, 2.24) is 10.2 Å². The van der Waals surface area contributed by atoms with Crippen LogP contribution < -0.4 is 5.32 Å². The Bertz CT molecular complexity index is 394. The van der Waals surface area contributed by atoms with Crippen LogP contribution in [0.3, 0.4) is 0 Å². The van der Waals surface area contributed by atoms with Gasteiger partial charge in [-0.25, -0.2) is 0 Å². The molecule has 1 aromatic carbocycles. The highest BCUT2D eigenvalue weighted by molar-refractivity contribution is 5.22. The zero-order valence-corrected chi connectivity index (χ0v) is 13.4. The normalized spacial score (nSPS) is 19.1. The molecule has 20 heavy (non-hydrogen) atoms. The fourth-order valence-electron chi connectivity index (χ4n) is 3.15. The van der Waals surface area contributed by atoms with E-state index in [4.69, 9.17) is 0 Å². The van der Waals surface area contributed by atoms with E-state index in [1.807, 2.05) is 0 Å². The molecule has 1 saturated heterocycles. The average Bonchev–Trinajstić information content (AvgIpc) is 2.46. The summed E-state index contributed by atoms with van der Waals surface area (Å²) in [6.45, 7) is 10.5. The predicted octanol–water partition coefficient (Wildman–Crippen LogP) is 3.39. The lowest BCUT2D eigenvalue weighted by Crippen LogP contribution is -2.45. The van der Waals surface area contributed by atoms with Gasteiger partial charge in [-0.05, 0) is 64.7 Å². The van der Waals surface area contributed by atoms with Crippen molar-refractivity contribution >= 4 is 0 Å². The Morgan fingerprint density at radius 1 is 1.30 bits per heavy atom. The van der Waals surface area contributed by atoms with Crippen molar-refractivity contribution in [3.63, 3.8) is 0 Å². The molecule has 112 valence electrons. The van der Waals surface area contributed by atoms with Gasteiger partial charge in [0.25, 0.3) is 0 Å². The lowest BCUT2D eigenvalue weighted by molar-refractivity contribution is 0.199. The second-order valence-corrected chi connectivity index (χ2v) is 6.30. The van der Waals surface area contributed by atoms with E-state index in [0.29, 0.717) is 6.04 Å². The van der Waals surface area contributed by atoms with Crippen molar-refractivity contribution in [2.45, 2.75) is 58.5 Å². The molecule has 1 unspecified atom stereocenters. The molecule has 1 aliphatic rings. The zero-order valence-electron chi connectivity index (χ0n) is 13.4. The lowest BCUT2D eigenvalue weighted by Gasteiger charge is -2.33. The average molecular weight is 274 g/mol. The maximum Gasteiger partial charge on any atom is 0.00938 e. The third kappa shape index (κ3) is 4.92. The van der Waals surface area contributed by atoms with Crippen molar-refractivity contribution in [2.75, 3.05) is 19.6 Å². The Kier molecular flexibility index (Phi) is 6.06. The molecule has 1 atom stereocenters. The SMILES string of the molecule is CCN1CCC(NC(C)CCc2cccc(C)c2)CC1. The van der Waals surface area contributed by atoms with Crippen molar-refractivity contribution in [3.8, 4) is 0 Å². The summed E-state index contributed by atoms with van der Waals surface area (Å²) in [5, 5.41) is 3.82. The molecule has 1 heterocycles. The summed E-state index contributed by atoms with van der Waals surface area (Å²) in [6.07, 6.45) is 5.03. The van der Waals surface area contributed by atoms with Crippen LogP contribution in [0, 0.1) is 6.92 Å². The first-order chi connectivity index (χ1) is 9.67. The largest absolute Gasteiger partial charge is 0.311 e. The van der Waals surface area contributed by atoms with Crippen LogP contribution in [0.5, 0.6) is 0 Å². The first kappa shape index (κ1) is 15.5. The van der Waals surface area contributed by atoms with E-state index in [1.165, 1.54) is 56.4 Å². The number of likely N-dealkylation sites (tertiary alicyclic amines) is 1. The van der Waals surface area contributed by atoms with Gasteiger partial charge in [0.2, 0.25) is 0 Å². The highest BCUT2D eigenvalue weighted by Gasteiger charge is 2.19. The molecule has 2 nitrogen and oxygen atoms in total. The van der Waals surface area contributed by atoms with E-state index in [-0.39, 0.29) is 0 Å². The van der Waals surface area contributed by atoms with Crippen molar-refractivity contribution in [2.24, 2.45) is 0 Å². The Labute approximate surface area is 124 Å². The minimum atomic E-state index is 0.619. The highest BCUT2D eigenvalue weighted by Crippen LogP contribution is 2.13. The number of nitrogens with one attached hydrogen (secondary N) is 1. The summed E-state index contributed by atoms with van der Waals surface area (Å²) < 4.78 is 0. The maximum atomic E-state index is 3.82. The monoisotopic (exact) mass is 274 g/mol. The van der Waals surface area contributed by atoms with Gasteiger partial charge in [0.05, 0.1) is 0 Å². The number of aryl methyl sites for hydroxylation is 2. The van der Waals surface area contributed by atoms with Crippen molar-refractivity contribution in [3.05, 3.63) is 35.4 Å². The summed E-state index contributed by atoms with van der Waals surface area (Å²) >= 11 is 0. The second kappa shape index (κ2) is 7.80. The van der Waals surface area contributed by atoms with Gasteiger partial charge in [0, 0.05) is 12.1 Å². The summed E-state index contributed by atoms with van der Waals surface area (Å²) in [5.74, 6) is 0.